The van der Waals surface area contributed by atoms with Crippen molar-refractivity contribution in [3.05, 3.63) is 65.1 Å². The lowest BCUT2D eigenvalue weighted by Crippen LogP contribution is -2.30. The van der Waals surface area contributed by atoms with Gasteiger partial charge in [0.15, 0.2) is 5.79 Å². The summed E-state index contributed by atoms with van der Waals surface area (Å²) in [5, 5.41) is 4.64. The van der Waals surface area contributed by atoms with Gasteiger partial charge in [-0.05, 0) is 57.9 Å². The second-order valence-electron chi connectivity index (χ2n) is 9.78. The number of carbonyl (C=O) groups excluding carboxylic acids is 1. The number of para-hydroxylation sites is 1. The van der Waals surface area contributed by atoms with Crippen LogP contribution in [0.2, 0.25) is 0 Å². The standard InChI is InChI=1S/C28H37NO5S/c1-6-16-28(32-18-19-33-28)17-15-22(20-35(31)23-13-11-21(2)12-14-23)24-9-7-8-10-25(24)29-26(30)34-27(3,4)5/h7-14,20H,6,15-19H2,1-5H3,(H,29,30)/b22-20+/t35-/m1/s1. The van der Waals surface area contributed by atoms with Gasteiger partial charge in [0.1, 0.15) is 5.60 Å². The highest BCUT2D eigenvalue weighted by Crippen LogP contribution is 2.36. The fourth-order valence-electron chi connectivity index (χ4n) is 4.03. The molecule has 0 bridgehead atoms. The number of hydrogen-bond donors (Lipinski definition) is 1. The summed E-state index contributed by atoms with van der Waals surface area (Å²) in [5.41, 5.74) is 2.74. The van der Waals surface area contributed by atoms with Crippen LogP contribution in [0.5, 0.6) is 0 Å². The Kier molecular flexibility index (Phi) is 9.27. The first-order valence-corrected chi connectivity index (χ1v) is 13.4. The van der Waals surface area contributed by atoms with Crippen LogP contribution in [-0.2, 0) is 25.0 Å². The number of allylic oxidation sites excluding steroid dienone is 1. The van der Waals surface area contributed by atoms with Crippen LogP contribution >= 0.6 is 0 Å². The van der Waals surface area contributed by atoms with Crippen LogP contribution in [0.4, 0.5) is 10.5 Å². The van der Waals surface area contributed by atoms with Gasteiger partial charge in [-0.2, -0.15) is 0 Å². The van der Waals surface area contributed by atoms with Crippen molar-refractivity contribution in [1.82, 2.24) is 0 Å². The molecule has 1 saturated heterocycles. The molecule has 1 aliphatic heterocycles. The highest BCUT2D eigenvalue weighted by Gasteiger charge is 2.35. The third kappa shape index (κ3) is 8.02. The molecule has 190 valence electrons. The maximum atomic E-state index is 13.3. The first-order valence-electron chi connectivity index (χ1n) is 12.2. The average molecular weight is 500 g/mol. The summed E-state index contributed by atoms with van der Waals surface area (Å²) in [7, 11) is -1.37. The van der Waals surface area contributed by atoms with E-state index >= 15 is 0 Å². The molecule has 0 spiro atoms. The van der Waals surface area contributed by atoms with Crippen molar-refractivity contribution in [2.75, 3.05) is 18.5 Å². The summed E-state index contributed by atoms with van der Waals surface area (Å²) < 4.78 is 30.8. The second-order valence-corrected chi connectivity index (χ2v) is 11.1. The lowest BCUT2D eigenvalue weighted by Gasteiger charge is -2.28. The van der Waals surface area contributed by atoms with Crippen molar-refractivity contribution in [3.8, 4) is 0 Å². The number of benzene rings is 2. The van der Waals surface area contributed by atoms with Gasteiger partial charge in [0, 0.05) is 28.7 Å². The molecule has 6 nitrogen and oxygen atoms in total. The van der Waals surface area contributed by atoms with E-state index in [1.807, 2.05) is 76.2 Å². The van der Waals surface area contributed by atoms with Crippen molar-refractivity contribution in [3.63, 3.8) is 0 Å². The first kappa shape index (κ1) is 27.1. The Bertz CT molecular complexity index is 1050. The number of amides is 1. The lowest BCUT2D eigenvalue weighted by molar-refractivity contribution is -0.165. The monoisotopic (exact) mass is 499 g/mol. The highest BCUT2D eigenvalue weighted by molar-refractivity contribution is 7.88. The van der Waals surface area contributed by atoms with Gasteiger partial charge in [0.25, 0.3) is 0 Å². The van der Waals surface area contributed by atoms with Crippen molar-refractivity contribution in [2.45, 2.75) is 76.6 Å². The van der Waals surface area contributed by atoms with Gasteiger partial charge in [-0.15, -0.1) is 0 Å². The molecule has 0 saturated carbocycles. The number of hydrogen-bond acceptors (Lipinski definition) is 5. The molecule has 1 amide bonds. The molecule has 2 aromatic rings. The number of nitrogens with one attached hydrogen (secondary N) is 1. The fourth-order valence-corrected chi connectivity index (χ4v) is 5.07. The van der Waals surface area contributed by atoms with Crippen LogP contribution in [0.3, 0.4) is 0 Å². The first-order chi connectivity index (χ1) is 16.6. The Morgan fingerprint density at radius 3 is 2.37 bits per heavy atom. The molecule has 0 aliphatic carbocycles. The minimum atomic E-state index is -1.37. The summed E-state index contributed by atoms with van der Waals surface area (Å²) in [6.07, 6.45) is 2.39. The minimum absolute atomic E-state index is 0.533. The van der Waals surface area contributed by atoms with Crippen LogP contribution in [0, 0.1) is 6.92 Å². The van der Waals surface area contributed by atoms with Gasteiger partial charge in [-0.25, -0.2) is 9.00 Å². The molecule has 0 aromatic heterocycles. The SMILES string of the molecule is CCCC1(CC/C(=C\[S@@](=O)c2ccc(C)cc2)c2ccccc2NC(=O)OC(C)(C)C)OCCO1. The largest absolute Gasteiger partial charge is 0.444 e. The predicted molar refractivity (Wildman–Crippen MR) is 141 cm³/mol. The van der Waals surface area contributed by atoms with Crippen molar-refractivity contribution >= 4 is 28.2 Å². The maximum absolute atomic E-state index is 13.3. The van der Waals surface area contributed by atoms with Crippen molar-refractivity contribution in [1.29, 1.82) is 0 Å². The number of anilines is 1. The smallest absolute Gasteiger partial charge is 0.412 e. The maximum Gasteiger partial charge on any atom is 0.412 e. The zero-order chi connectivity index (χ0) is 25.5. The normalized spacial score (nSPS) is 16.7. The molecule has 7 heteroatoms. The van der Waals surface area contributed by atoms with E-state index in [0.29, 0.717) is 31.7 Å². The molecule has 2 aromatic carbocycles. The number of aryl methyl sites for hydroxylation is 1. The van der Waals surface area contributed by atoms with Crippen LogP contribution in [0.15, 0.2) is 58.8 Å². The molecule has 35 heavy (non-hydrogen) atoms. The van der Waals surface area contributed by atoms with Crippen molar-refractivity contribution in [2.24, 2.45) is 0 Å². The Hall–Kier alpha value is -2.48. The van der Waals surface area contributed by atoms with Gasteiger partial charge >= 0.3 is 6.09 Å². The molecule has 1 fully saturated rings. The average Bonchev–Trinajstić information content (AvgIpc) is 3.25. The van der Waals surface area contributed by atoms with E-state index in [1.54, 1.807) is 5.41 Å². The number of rotatable bonds is 9. The van der Waals surface area contributed by atoms with E-state index < -0.39 is 28.3 Å². The Balaban J connectivity index is 1.94. The minimum Gasteiger partial charge on any atom is -0.444 e. The Morgan fingerprint density at radius 2 is 1.74 bits per heavy atom. The van der Waals surface area contributed by atoms with E-state index in [2.05, 4.69) is 12.2 Å². The van der Waals surface area contributed by atoms with Crippen LogP contribution in [-0.4, -0.2) is 34.9 Å². The molecular weight excluding hydrogens is 462 g/mol. The van der Waals surface area contributed by atoms with Crippen molar-refractivity contribution < 1.29 is 23.2 Å². The quantitative estimate of drug-likeness (QED) is 0.410. The van der Waals surface area contributed by atoms with Crippen LogP contribution in [0.1, 0.15) is 64.5 Å². The van der Waals surface area contributed by atoms with E-state index in [9.17, 15) is 9.00 Å². The summed E-state index contributed by atoms with van der Waals surface area (Å²) in [6, 6.07) is 15.2. The van der Waals surface area contributed by atoms with Gasteiger partial charge in [0.05, 0.1) is 29.7 Å². The Labute approximate surface area is 211 Å². The van der Waals surface area contributed by atoms with Crippen LogP contribution < -0.4 is 5.32 Å². The van der Waals surface area contributed by atoms with Gasteiger partial charge < -0.3 is 14.2 Å². The summed E-state index contributed by atoms with van der Waals surface area (Å²) >= 11 is 0. The molecule has 1 heterocycles. The van der Waals surface area contributed by atoms with Crippen LogP contribution in [0.25, 0.3) is 5.57 Å². The molecule has 1 atom stereocenters. The topological polar surface area (TPSA) is 73.9 Å². The van der Waals surface area contributed by atoms with Gasteiger partial charge in [0.2, 0.25) is 0 Å². The van der Waals surface area contributed by atoms with E-state index in [-0.39, 0.29) is 0 Å². The summed E-state index contributed by atoms with van der Waals surface area (Å²) in [5.74, 6) is -0.632. The predicted octanol–water partition coefficient (Wildman–Crippen LogP) is 6.81. The third-order valence-corrected chi connectivity index (χ3v) is 6.87. The number of carbonyl (C=O) groups is 1. The molecular formula is C28H37NO5S. The molecule has 0 unspecified atom stereocenters. The zero-order valence-corrected chi connectivity index (χ0v) is 22.2. The second kappa shape index (κ2) is 12.0. The highest BCUT2D eigenvalue weighted by atomic mass is 32.2. The lowest BCUT2D eigenvalue weighted by atomic mass is 9.96. The van der Waals surface area contributed by atoms with E-state index in [0.717, 1.165) is 34.4 Å². The zero-order valence-electron chi connectivity index (χ0n) is 21.4. The molecule has 1 N–H and O–H groups in total. The van der Waals surface area contributed by atoms with E-state index in [4.69, 9.17) is 14.2 Å². The van der Waals surface area contributed by atoms with E-state index in [1.165, 1.54) is 0 Å². The molecule has 0 radical (unpaired) electrons. The van der Waals surface area contributed by atoms with Gasteiger partial charge in [-0.3, -0.25) is 5.32 Å². The molecule has 1 aliphatic rings. The summed E-state index contributed by atoms with van der Waals surface area (Å²) in [4.78, 5) is 13.3. The third-order valence-electron chi connectivity index (χ3n) is 5.63. The fraction of sp³-hybridized carbons (Fsp3) is 0.464. The number of ether oxygens (including phenoxy) is 3. The summed E-state index contributed by atoms with van der Waals surface area (Å²) in [6.45, 7) is 10.7. The Morgan fingerprint density at radius 1 is 1.09 bits per heavy atom. The molecule has 3 rings (SSSR count). The van der Waals surface area contributed by atoms with Gasteiger partial charge in [-0.1, -0.05) is 49.2 Å².